The Morgan fingerprint density at radius 2 is 2.03 bits per heavy atom. The van der Waals surface area contributed by atoms with Gasteiger partial charge in [0, 0.05) is 24.9 Å². The third-order valence-corrected chi connectivity index (χ3v) is 5.21. The lowest BCUT2D eigenvalue weighted by molar-refractivity contribution is -0.192. The first kappa shape index (κ1) is 23.3. The van der Waals surface area contributed by atoms with Crippen LogP contribution in [-0.4, -0.2) is 49.1 Å². The van der Waals surface area contributed by atoms with E-state index in [0.717, 1.165) is 48.6 Å². The summed E-state index contributed by atoms with van der Waals surface area (Å²) in [7, 11) is 0. The van der Waals surface area contributed by atoms with Gasteiger partial charge in [-0.25, -0.2) is 9.78 Å². The average molecular weight is 452 g/mol. The van der Waals surface area contributed by atoms with Gasteiger partial charge in [-0.3, -0.25) is 9.78 Å². The number of carbonyl (C=O) groups excluding carboxylic acids is 1. The molecule has 3 heterocycles. The Labute approximate surface area is 182 Å². The molecule has 32 heavy (non-hydrogen) atoms. The van der Waals surface area contributed by atoms with Crippen LogP contribution in [0.2, 0.25) is 0 Å². The normalized spacial score (nSPS) is 17.7. The number of aromatic nitrogens is 3. The predicted molar refractivity (Wildman–Crippen MR) is 107 cm³/mol. The van der Waals surface area contributed by atoms with Gasteiger partial charge in [0.2, 0.25) is 5.91 Å². The lowest BCUT2D eigenvalue weighted by Crippen LogP contribution is -2.42. The van der Waals surface area contributed by atoms with E-state index >= 15 is 0 Å². The third kappa shape index (κ3) is 5.45. The molecule has 172 valence electrons. The Morgan fingerprint density at radius 1 is 1.28 bits per heavy atom. The van der Waals surface area contributed by atoms with Crippen LogP contribution in [0.3, 0.4) is 0 Å². The van der Waals surface area contributed by atoms with E-state index in [9.17, 15) is 18.0 Å². The van der Waals surface area contributed by atoms with Gasteiger partial charge in [0.15, 0.2) is 0 Å². The molecular formula is C21H23F3N4O4. The number of hydrogen-bond acceptors (Lipinski definition) is 5. The molecule has 1 aliphatic heterocycles. The number of carboxylic acids is 1. The molecule has 1 atom stereocenters. The Kier molecular flexibility index (Phi) is 7.16. The maximum absolute atomic E-state index is 12.7. The molecule has 0 bridgehead atoms. The van der Waals surface area contributed by atoms with Crippen LogP contribution in [0.4, 0.5) is 13.2 Å². The molecule has 2 aromatic rings. The number of amides is 1. The molecule has 1 amide bonds. The Morgan fingerprint density at radius 3 is 2.62 bits per heavy atom. The summed E-state index contributed by atoms with van der Waals surface area (Å²) < 4.78 is 39.7. The van der Waals surface area contributed by atoms with Crippen LogP contribution in [-0.2, 0) is 22.7 Å². The quantitative estimate of drug-likeness (QED) is 0.763. The first-order chi connectivity index (χ1) is 15.2. The van der Waals surface area contributed by atoms with Crippen molar-refractivity contribution < 1.29 is 32.6 Å². The predicted octanol–water partition coefficient (Wildman–Crippen LogP) is 3.50. The van der Waals surface area contributed by atoms with Crippen LogP contribution in [0.1, 0.15) is 43.7 Å². The number of pyridine rings is 1. The van der Waals surface area contributed by atoms with Crippen molar-refractivity contribution in [2.75, 3.05) is 6.54 Å². The summed E-state index contributed by atoms with van der Waals surface area (Å²) in [5.74, 6) is -0.908. The Bertz CT molecular complexity index is 989. The molecule has 1 aliphatic carbocycles. The topological polar surface area (TPSA) is 97.6 Å². The minimum atomic E-state index is -5.08. The second-order valence-electron chi connectivity index (χ2n) is 7.34. The summed E-state index contributed by atoms with van der Waals surface area (Å²) in [4.78, 5) is 32.2. The van der Waals surface area contributed by atoms with Gasteiger partial charge in [-0.05, 0) is 38.3 Å². The Hall–Kier alpha value is -3.37. The molecule has 0 aromatic carbocycles. The highest BCUT2D eigenvalue weighted by molar-refractivity contribution is 5.94. The molecular weight excluding hydrogens is 429 g/mol. The van der Waals surface area contributed by atoms with Crippen molar-refractivity contribution in [3.8, 4) is 5.75 Å². The highest BCUT2D eigenvalue weighted by Crippen LogP contribution is 2.29. The summed E-state index contributed by atoms with van der Waals surface area (Å²) in [6.45, 7) is 3.96. The van der Waals surface area contributed by atoms with E-state index < -0.39 is 12.1 Å². The summed E-state index contributed by atoms with van der Waals surface area (Å²) in [5.41, 5.74) is 1.99. The number of fused-ring (bicyclic) bond motifs is 1. The summed E-state index contributed by atoms with van der Waals surface area (Å²) in [6, 6.07) is 3.72. The molecule has 1 N–H and O–H groups in total. The fourth-order valence-corrected chi connectivity index (χ4v) is 3.59. The number of allylic oxidation sites excluding steroid dienone is 1. The van der Waals surface area contributed by atoms with E-state index in [0.29, 0.717) is 13.2 Å². The van der Waals surface area contributed by atoms with Crippen LogP contribution >= 0.6 is 0 Å². The van der Waals surface area contributed by atoms with Gasteiger partial charge in [0.25, 0.3) is 0 Å². The van der Waals surface area contributed by atoms with Crippen molar-refractivity contribution in [1.82, 2.24) is 19.4 Å². The minimum Gasteiger partial charge on any atom is -0.486 e. The van der Waals surface area contributed by atoms with Crippen LogP contribution in [0.15, 0.2) is 42.4 Å². The lowest BCUT2D eigenvalue weighted by Gasteiger charge is -2.34. The van der Waals surface area contributed by atoms with E-state index in [1.165, 1.54) is 0 Å². The molecule has 2 aliphatic rings. The minimum absolute atomic E-state index is 0.0186. The van der Waals surface area contributed by atoms with Crippen molar-refractivity contribution in [2.45, 2.75) is 51.6 Å². The van der Waals surface area contributed by atoms with Gasteiger partial charge in [-0.2, -0.15) is 13.2 Å². The van der Waals surface area contributed by atoms with E-state index in [4.69, 9.17) is 14.6 Å². The monoisotopic (exact) mass is 452 g/mol. The number of carbonyl (C=O) groups is 2. The van der Waals surface area contributed by atoms with Crippen molar-refractivity contribution in [2.24, 2.45) is 0 Å². The first-order valence-electron chi connectivity index (χ1n) is 10.1. The highest BCUT2D eigenvalue weighted by Gasteiger charge is 2.38. The van der Waals surface area contributed by atoms with Gasteiger partial charge in [-0.1, -0.05) is 6.08 Å². The second kappa shape index (κ2) is 9.84. The van der Waals surface area contributed by atoms with Gasteiger partial charge in [0.05, 0.1) is 24.1 Å². The third-order valence-electron chi connectivity index (χ3n) is 5.21. The second-order valence-corrected chi connectivity index (χ2v) is 7.34. The molecule has 0 saturated heterocycles. The standard InChI is InChI=1S/C19H22N4O2.C2HF3O2/c1-14-18-21-11-16(13-25-17-7-4-8-20-12-17)23(18)10-9-22(14)19(24)15-5-2-3-6-15;3-2(4,5)1(6)7/h4-5,7-8,11-12,14H,2-3,6,9-10,13H2,1H3;(H,6,7). The highest BCUT2D eigenvalue weighted by atomic mass is 19.4. The van der Waals surface area contributed by atoms with E-state index in [-0.39, 0.29) is 11.9 Å². The van der Waals surface area contributed by atoms with Gasteiger partial charge < -0.3 is 19.3 Å². The number of imidazole rings is 1. The van der Waals surface area contributed by atoms with E-state index in [2.05, 4.69) is 27.5 Å². The summed E-state index contributed by atoms with van der Waals surface area (Å²) in [6.07, 6.45) is 5.29. The van der Waals surface area contributed by atoms with Crippen LogP contribution in [0, 0.1) is 0 Å². The van der Waals surface area contributed by atoms with Gasteiger partial charge in [-0.15, -0.1) is 0 Å². The molecule has 0 radical (unpaired) electrons. The zero-order valence-electron chi connectivity index (χ0n) is 17.4. The Balaban J connectivity index is 0.000000360. The first-order valence-corrected chi connectivity index (χ1v) is 10.1. The van der Waals surface area contributed by atoms with E-state index in [1.54, 1.807) is 12.4 Å². The molecule has 4 rings (SSSR count). The number of alkyl halides is 3. The number of carboxylic acid groups (broad SMARTS) is 1. The van der Waals surface area contributed by atoms with Gasteiger partial charge >= 0.3 is 12.1 Å². The molecule has 8 nitrogen and oxygen atoms in total. The number of nitrogens with zero attached hydrogens (tertiary/aromatic N) is 4. The number of aliphatic carboxylic acids is 1. The zero-order valence-corrected chi connectivity index (χ0v) is 17.4. The van der Waals surface area contributed by atoms with Crippen molar-refractivity contribution in [1.29, 1.82) is 0 Å². The molecule has 0 saturated carbocycles. The largest absolute Gasteiger partial charge is 0.490 e. The molecule has 0 spiro atoms. The van der Waals surface area contributed by atoms with Crippen LogP contribution in [0.5, 0.6) is 5.75 Å². The SMILES string of the molecule is CC1c2ncc(COc3cccnc3)n2CCN1C(=O)C1=CCCC1.O=C(O)C(F)(F)F. The zero-order chi connectivity index (χ0) is 23.3. The van der Waals surface area contributed by atoms with Crippen molar-refractivity contribution >= 4 is 11.9 Å². The van der Waals surface area contributed by atoms with Crippen molar-refractivity contribution in [3.63, 3.8) is 0 Å². The number of hydrogen-bond donors (Lipinski definition) is 1. The van der Waals surface area contributed by atoms with Gasteiger partial charge in [0.1, 0.15) is 18.2 Å². The van der Waals surface area contributed by atoms with Crippen molar-refractivity contribution in [3.05, 3.63) is 53.9 Å². The fraction of sp³-hybridized carbons (Fsp3) is 0.429. The molecule has 1 unspecified atom stereocenters. The average Bonchev–Trinajstić information content (AvgIpc) is 3.43. The molecule has 11 heteroatoms. The lowest BCUT2D eigenvalue weighted by atomic mass is 10.1. The maximum Gasteiger partial charge on any atom is 0.490 e. The maximum atomic E-state index is 12.7. The van der Waals surface area contributed by atoms with E-state index in [1.807, 2.05) is 23.2 Å². The number of rotatable bonds is 4. The molecule has 2 aromatic heterocycles. The smallest absolute Gasteiger partial charge is 0.486 e. The number of halogens is 3. The fourth-order valence-electron chi connectivity index (χ4n) is 3.59. The summed E-state index contributed by atoms with van der Waals surface area (Å²) in [5, 5.41) is 7.12. The number of ether oxygens (including phenoxy) is 1. The summed E-state index contributed by atoms with van der Waals surface area (Å²) >= 11 is 0. The molecule has 0 fully saturated rings. The van der Waals surface area contributed by atoms with Crippen LogP contribution in [0.25, 0.3) is 0 Å². The van der Waals surface area contributed by atoms with Crippen LogP contribution < -0.4 is 4.74 Å².